The fourth-order valence-electron chi connectivity index (χ4n) is 3.02. The Hall–Kier alpha value is -2.90. The van der Waals surface area contributed by atoms with Crippen LogP contribution in [0.5, 0.6) is 0 Å². The average molecular weight is 422 g/mol. The summed E-state index contributed by atoms with van der Waals surface area (Å²) in [7, 11) is 1.74. The van der Waals surface area contributed by atoms with Crippen molar-refractivity contribution in [1.29, 1.82) is 0 Å². The normalized spacial score (nSPS) is 12.0. The second-order valence-electron chi connectivity index (χ2n) is 6.56. The van der Waals surface area contributed by atoms with Crippen molar-refractivity contribution in [1.82, 2.24) is 14.9 Å². The maximum absolute atomic E-state index is 13.3. The second-order valence-corrected chi connectivity index (χ2v) is 8.66. The van der Waals surface area contributed by atoms with Gasteiger partial charge in [-0.15, -0.1) is 23.1 Å². The zero-order chi connectivity index (χ0) is 20.2. The maximum Gasteiger partial charge on any atom is 0.268 e. The first kappa shape index (κ1) is 19.4. The van der Waals surface area contributed by atoms with Gasteiger partial charge in [0.15, 0.2) is 0 Å². The van der Waals surface area contributed by atoms with E-state index in [0.29, 0.717) is 16.0 Å². The number of aromatic nitrogens is 2. The van der Waals surface area contributed by atoms with Crippen LogP contribution in [0.3, 0.4) is 0 Å². The second kappa shape index (κ2) is 8.63. The van der Waals surface area contributed by atoms with Gasteiger partial charge in [0.2, 0.25) is 5.91 Å². The first-order valence-corrected chi connectivity index (χ1v) is 10.9. The predicted octanol–water partition coefficient (Wildman–Crippen LogP) is 4.48. The number of carbonyl (C=O) groups excluding carboxylic acids is 1. The van der Waals surface area contributed by atoms with Crippen LogP contribution in [0.2, 0.25) is 0 Å². The highest BCUT2D eigenvalue weighted by Crippen LogP contribution is 2.36. The summed E-state index contributed by atoms with van der Waals surface area (Å²) in [5, 5.41) is 1.45. The van der Waals surface area contributed by atoms with Crippen LogP contribution in [-0.2, 0) is 11.3 Å². The molecule has 1 amide bonds. The Kier molecular flexibility index (Phi) is 5.78. The largest absolute Gasteiger partial charge is 0.337 e. The summed E-state index contributed by atoms with van der Waals surface area (Å²) in [6.07, 6.45) is 0. The minimum atomic E-state index is -0.389. The number of likely N-dealkylation sites (N-methyl/N-ethyl adjacent to an activating group) is 1. The van der Waals surface area contributed by atoms with E-state index in [9.17, 15) is 9.59 Å². The molecule has 29 heavy (non-hydrogen) atoms. The molecule has 0 unspecified atom stereocenters. The average Bonchev–Trinajstić information content (AvgIpc) is 3.22. The zero-order valence-corrected chi connectivity index (χ0v) is 17.4. The quantitative estimate of drug-likeness (QED) is 0.466. The van der Waals surface area contributed by atoms with Gasteiger partial charge in [-0.05, 0) is 29.1 Å². The topological polar surface area (TPSA) is 66.1 Å². The molecule has 0 saturated heterocycles. The van der Waals surface area contributed by atoms with E-state index in [1.54, 1.807) is 11.9 Å². The standard InChI is InChI=1S/C22H19N3O2S2/c1-25(14-18-23-17-12-13-28-20(17)21(26)24-18)22(27)19(15-8-4-2-5-9-15)29-16-10-6-3-7-11-16/h2-13,19H,14H2,1H3,(H,23,24,26)/t19-/m0/s1. The van der Waals surface area contributed by atoms with Gasteiger partial charge in [-0.1, -0.05) is 48.5 Å². The Morgan fingerprint density at radius 2 is 1.79 bits per heavy atom. The van der Waals surface area contributed by atoms with E-state index < -0.39 is 0 Å². The summed E-state index contributed by atoms with van der Waals surface area (Å²) >= 11 is 2.88. The first-order valence-electron chi connectivity index (χ1n) is 9.10. The van der Waals surface area contributed by atoms with Crippen molar-refractivity contribution in [3.05, 3.63) is 93.9 Å². The first-order chi connectivity index (χ1) is 14.1. The molecular weight excluding hydrogens is 402 g/mol. The van der Waals surface area contributed by atoms with Crippen LogP contribution in [0.1, 0.15) is 16.6 Å². The van der Waals surface area contributed by atoms with Crippen LogP contribution >= 0.6 is 23.1 Å². The predicted molar refractivity (Wildman–Crippen MR) is 118 cm³/mol. The van der Waals surface area contributed by atoms with Crippen LogP contribution < -0.4 is 5.56 Å². The molecule has 1 N–H and O–H groups in total. The third-order valence-corrected chi connectivity index (χ3v) is 6.61. The van der Waals surface area contributed by atoms with E-state index in [2.05, 4.69) is 9.97 Å². The van der Waals surface area contributed by atoms with Crippen LogP contribution in [0.4, 0.5) is 0 Å². The Bertz CT molecular complexity index is 1170. The lowest BCUT2D eigenvalue weighted by atomic mass is 10.1. The molecule has 2 aromatic heterocycles. The molecule has 0 aliphatic rings. The number of benzene rings is 2. The molecule has 0 aliphatic heterocycles. The van der Waals surface area contributed by atoms with Gasteiger partial charge in [-0.3, -0.25) is 9.59 Å². The Balaban J connectivity index is 1.59. The van der Waals surface area contributed by atoms with Crippen molar-refractivity contribution >= 4 is 39.2 Å². The minimum Gasteiger partial charge on any atom is -0.337 e. The molecule has 146 valence electrons. The molecule has 0 radical (unpaired) electrons. The molecular formula is C22H19N3O2S2. The summed E-state index contributed by atoms with van der Waals surface area (Å²) in [5.74, 6) is 0.436. The minimum absolute atomic E-state index is 0.0434. The SMILES string of the molecule is CN(Cc1nc2ccsc2c(=O)[nH]1)C(=O)[C@@H](Sc1ccccc1)c1ccccc1. The molecule has 7 heteroatoms. The van der Waals surface area contributed by atoms with E-state index in [0.717, 1.165) is 10.5 Å². The van der Waals surface area contributed by atoms with Crippen molar-refractivity contribution in [2.24, 2.45) is 0 Å². The van der Waals surface area contributed by atoms with Crippen molar-refractivity contribution < 1.29 is 4.79 Å². The van der Waals surface area contributed by atoms with Gasteiger partial charge < -0.3 is 9.88 Å². The van der Waals surface area contributed by atoms with Crippen molar-refractivity contribution in [2.45, 2.75) is 16.7 Å². The number of nitrogens with zero attached hydrogens (tertiary/aromatic N) is 2. The third-order valence-electron chi connectivity index (χ3n) is 4.45. The van der Waals surface area contributed by atoms with Crippen LogP contribution in [0, 0.1) is 0 Å². The monoisotopic (exact) mass is 421 g/mol. The number of fused-ring (bicyclic) bond motifs is 1. The van der Waals surface area contributed by atoms with Gasteiger partial charge in [0.05, 0.1) is 12.1 Å². The number of hydrogen-bond donors (Lipinski definition) is 1. The van der Waals surface area contributed by atoms with E-state index >= 15 is 0 Å². The number of thioether (sulfide) groups is 1. The lowest BCUT2D eigenvalue weighted by Crippen LogP contribution is -2.31. The molecule has 0 saturated carbocycles. The third kappa shape index (κ3) is 4.41. The molecule has 0 bridgehead atoms. The molecule has 0 spiro atoms. The summed E-state index contributed by atoms with van der Waals surface area (Å²) in [6, 6.07) is 21.4. The zero-order valence-electron chi connectivity index (χ0n) is 15.7. The Labute approximate surface area is 176 Å². The van der Waals surface area contributed by atoms with E-state index in [1.165, 1.54) is 23.1 Å². The number of rotatable bonds is 6. The van der Waals surface area contributed by atoms with Crippen LogP contribution in [0.25, 0.3) is 10.2 Å². The molecule has 1 atom stereocenters. The molecule has 5 nitrogen and oxygen atoms in total. The number of carbonyl (C=O) groups is 1. The van der Waals surface area contributed by atoms with Gasteiger partial charge in [0.1, 0.15) is 15.8 Å². The lowest BCUT2D eigenvalue weighted by Gasteiger charge is -2.23. The fraction of sp³-hybridized carbons (Fsp3) is 0.136. The van der Waals surface area contributed by atoms with Gasteiger partial charge >= 0.3 is 0 Å². The number of hydrogen-bond acceptors (Lipinski definition) is 5. The molecule has 4 aromatic rings. The van der Waals surface area contributed by atoms with Gasteiger partial charge in [-0.25, -0.2) is 4.98 Å². The summed E-state index contributed by atoms with van der Waals surface area (Å²) in [5.41, 5.74) is 1.43. The van der Waals surface area contributed by atoms with Crippen molar-refractivity contribution in [3.8, 4) is 0 Å². The molecule has 0 fully saturated rings. The Morgan fingerprint density at radius 3 is 2.52 bits per heavy atom. The molecule has 2 heterocycles. The van der Waals surface area contributed by atoms with E-state index in [4.69, 9.17) is 0 Å². The summed E-state index contributed by atoms with van der Waals surface area (Å²) in [6.45, 7) is 0.235. The lowest BCUT2D eigenvalue weighted by molar-refractivity contribution is -0.130. The maximum atomic E-state index is 13.3. The van der Waals surface area contributed by atoms with Gasteiger partial charge in [0, 0.05) is 11.9 Å². The number of H-pyrrole nitrogens is 1. The number of thiophene rings is 1. The summed E-state index contributed by atoms with van der Waals surface area (Å²) < 4.78 is 0.601. The number of nitrogens with one attached hydrogen (secondary N) is 1. The molecule has 0 aliphatic carbocycles. The van der Waals surface area contributed by atoms with Gasteiger partial charge in [-0.2, -0.15) is 0 Å². The highest BCUT2D eigenvalue weighted by Gasteiger charge is 2.25. The highest BCUT2D eigenvalue weighted by atomic mass is 32.2. The van der Waals surface area contributed by atoms with Gasteiger partial charge in [0.25, 0.3) is 5.56 Å². The Morgan fingerprint density at radius 1 is 1.10 bits per heavy atom. The van der Waals surface area contributed by atoms with Crippen molar-refractivity contribution in [2.75, 3.05) is 7.05 Å². The summed E-state index contributed by atoms with van der Waals surface area (Å²) in [4.78, 5) is 35.5. The van der Waals surface area contributed by atoms with Crippen LogP contribution in [0.15, 0.2) is 81.8 Å². The van der Waals surface area contributed by atoms with E-state index in [-0.39, 0.29) is 23.3 Å². The fourth-order valence-corrected chi connectivity index (χ4v) is 4.91. The van der Waals surface area contributed by atoms with Crippen molar-refractivity contribution in [3.63, 3.8) is 0 Å². The van der Waals surface area contributed by atoms with Crippen LogP contribution in [-0.4, -0.2) is 27.8 Å². The number of amides is 1. The van der Waals surface area contributed by atoms with E-state index in [1.807, 2.05) is 72.1 Å². The highest BCUT2D eigenvalue weighted by molar-refractivity contribution is 8.00. The smallest absolute Gasteiger partial charge is 0.268 e. The number of aromatic amines is 1. The molecule has 4 rings (SSSR count). The molecule has 2 aromatic carbocycles.